The molecule has 3 N–H and O–H groups in total. The minimum atomic E-state index is -1.31. The summed E-state index contributed by atoms with van der Waals surface area (Å²) < 4.78 is 6.78. The minimum Gasteiger partial charge on any atom is -0.466 e. The standard InChI is InChI=1S/C17H19N5O3/c1-17(24,14-7-5-9-25-14)11-19-16(23)20-13-10-22(2)21-15(13)12-6-3-4-8-18-12/h3-10,24H,11H2,1-2H3,(H2,19,20,23)/t17-/m1/s1. The van der Waals surface area contributed by atoms with Crippen molar-refractivity contribution in [3.8, 4) is 11.4 Å². The van der Waals surface area contributed by atoms with Crippen molar-refractivity contribution < 1.29 is 14.3 Å². The van der Waals surface area contributed by atoms with Gasteiger partial charge in [0, 0.05) is 19.4 Å². The van der Waals surface area contributed by atoms with Crippen LogP contribution in [0.4, 0.5) is 10.5 Å². The van der Waals surface area contributed by atoms with Crippen LogP contribution >= 0.6 is 0 Å². The van der Waals surface area contributed by atoms with Crippen molar-refractivity contribution in [1.82, 2.24) is 20.1 Å². The van der Waals surface area contributed by atoms with Crippen LogP contribution in [-0.2, 0) is 12.6 Å². The van der Waals surface area contributed by atoms with E-state index >= 15 is 0 Å². The smallest absolute Gasteiger partial charge is 0.319 e. The number of anilines is 1. The molecular weight excluding hydrogens is 322 g/mol. The fraction of sp³-hybridized carbons (Fsp3) is 0.235. The summed E-state index contributed by atoms with van der Waals surface area (Å²) in [5.41, 5.74) is 0.438. The van der Waals surface area contributed by atoms with E-state index in [1.165, 1.54) is 6.26 Å². The van der Waals surface area contributed by atoms with Crippen LogP contribution in [0.25, 0.3) is 11.4 Å². The molecule has 0 aliphatic carbocycles. The molecule has 0 aromatic carbocycles. The van der Waals surface area contributed by atoms with Crippen LogP contribution in [0.15, 0.2) is 53.4 Å². The van der Waals surface area contributed by atoms with E-state index < -0.39 is 11.6 Å². The molecule has 0 saturated heterocycles. The molecule has 0 saturated carbocycles. The Hall–Kier alpha value is -3.13. The number of amides is 2. The molecule has 8 heteroatoms. The second kappa shape index (κ2) is 6.78. The third-order valence-corrected chi connectivity index (χ3v) is 3.63. The zero-order valence-corrected chi connectivity index (χ0v) is 13.9. The lowest BCUT2D eigenvalue weighted by Crippen LogP contribution is -2.40. The highest BCUT2D eigenvalue weighted by atomic mass is 16.4. The molecule has 3 aromatic heterocycles. The van der Waals surface area contributed by atoms with Crippen molar-refractivity contribution in [2.75, 3.05) is 11.9 Å². The number of nitrogens with one attached hydrogen (secondary N) is 2. The van der Waals surface area contributed by atoms with Crippen LogP contribution in [0.2, 0.25) is 0 Å². The topological polar surface area (TPSA) is 105 Å². The van der Waals surface area contributed by atoms with Gasteiger partial charge in [-0.05, 0) is 31.2 Å². The summed E-state index contributed by atoms with van der Waals surface area (Å²) in [5.74, 6) is 0.378. The van der Waals surface area contributed by atoms with Crippen LogP contribution in [0.3, 0.4) is 0 Å². The van der Waals surface area contributed by atoms with E-state index in [1.807, 2.05) is 18.2 Å². The molecule has 3 heterocycles. The van der Waals surface area contributed by atoms with Crippen LogP contribution in [0, 0.1) is 0 Å². The molecule has 0 fully saturated rings. The van der Waals surface area contributed by atoms with Gasteiger partial charge in [-0.15, -0.1) is 0 Å². The highest BCUT2D eigenvalue weighted by molar-refractivity contribution is 5.93. The quantitative estimate of drug-likeness (QED) is 0.659. The van der Waals surface area contributed by atoms with E-state index in [0.29, 0.717) is 22.8 Å². The molecule has 0 bridgehead atoms. The van der Waals surface area contributed by atoms with Crippen molar-refractivity contribution >= 4 is 11.7 Å². The maximum atomic E-state index is 12.2. The number of carbonyl (C=O) groups excluding carboxylic acids is 1. The van der Waals surface area contributed by atoms with E-state index in [-0.39, 0.29) is 6.54 Å². The summed E-state index contributed by atoms with van der Waals surface area (Å²) in [5, 5.41) is 20.1. The Morgan fingerprint density at radius 2 is 2.20 bits per heavy atom. The fourth-order valence-corrected chi connectivity index (χ4v) is 2.36. The van der Waals surface area contributed by atoms with E-state index in [0.717, 1.165) is 0 Å². The number of aromatic nitrogens is 3. The van der Waals surface area contributed by atoms with Crippen molar-refractivity contribution in [2.24, 2.45) is 7.05 Å². The first-order chi connectivity index (χ1) is 12.0. The molecular formula is C17H19N5O3. The number of pyridine rings is 1. The van der Waals surface area contributed by atoms with Crippen molar-refractivity contribution in [3.05, 3.63) is 54.7 Å². The number of hydrogen-bond donors (Lipinski definition) is 3. The molecule has 0 spiro atoms. The Balaban J connectivity index is 1.68. The first-order valence-electron chi connectivity index (χ1n) is 7.72. The Morgan fingerprint density at radius 1 is 1.36 bits per heavy atom. The summed E-state index contributed by atoms with van der Waals surface area (Å²) >= 11 is 0. The Kier molecular flexibility index (Phi) is 4.53. The van der Waals surface area contributed by atoms with E-state index in [1.54, 1.807) is 43.2 Å². The summed E-state index contributed by atoms with van der Waals surface area (Å²) in [6, 6.07) is 8.34. The van der Waals surface area contributed by atoms with E-state index in [4.69, 9.17) is 4.42 Å². The lowest BCUT2D eigenvalue weighted by atomic mass is 10.0. The van der Waals surface area contributed by atoms with Gasteiger partial charge in [-0.2, -0.15) is 5.10 Å². The maximum absolute atomic E-state index is 12.2. The lowest BCUT2D eigenvalue weighted by Gasteiger charge is -2.21. The average molecular weight is 341 g/mol. The fourth-order valence-electron chi connectivity index (χ4n) is 2.36. The normalized spacial score (nSPS) is 13.2. The molecule has 0 aliphatic heterocycles. The predicted molar refractivity (Wildman–Crippen MR) is 91.7 cm³/mol. The van der Waals surface area contributed by atoms with Gasteiger partial charge >= 0.3 is 6.03 Å². The van der Waals surface area contributed by atoms with Gasteiger partial charge in [0.2, 0.25) is 0 Å². The zero-order valence-electron chi connectivity index (χ0n) is 13.9. The molecule has 25 heavy (non-hydrogen) atoms. The van der Waals surface area contributed by atoms with Gasteiger partial charge in [0.25, 0.3) is 0 Å². The molecule has 2 amide bonds. The Bertz CT molecular complexity index is 841. The molecule has 1 atom stereocenters. The van der Waals surface area contributed by atoms with Gasteiger partial charge in [0.05, 0.1) is 24.2 Å². The number of aryl methyl sites for hydroxylation is 1. The zero-order chi connectivity index (χ0) is 17.9. The van der Waals surface area contributed by atoms with Gasteiger partial charge in [-0.3, -0.25) is 9.67 Å². The summed E-state index contributed by atoms with van der Waals surface area (Å²) in [6.45, 7) is 1.56. The SMILES string of the molecule is Cn1cc(NC(=O)NC[C@@](C)(O)c2ccco2)c(-c2ccccn2)n1. The Labute approximate surface area is 144 Å². The number of furan rings is 1. The average Bonchev–Trinajstić information content (AvgIpc) is 3.24. The molecule has 0 unspecified atom stereocenters. The number of aliphatic hydroxyl groups is 1. The third kappa shape index (κ3) is 3.86. The molecule has 3 rings (SSSR count). The van der Waals surface area contributed by atoms with Crippen LogP contribution < -0.4 is 10.6 Å². The van der Waals surface area contributed by atoms with Crippen LogP contribution in [0.1, 0.15) is 12.7 Å². The first-order valence-corrected chi connectivity index (χ1v) is 7.72. The number of rotatable bonds is 5. The highest BCUT2D eigenvalue weighted by Crippen LogP contribution is 2.24. The second-order valence-corrected chi connectivity index (χ2v) is 5.84. The molecule has 0 radical (unpaired) electrons. The minimum absolute atomic E-state index is 0.00840. The summed E-state index contributed by atoms with van der Waals surface area (Å²) in [6.07, 6.45) is 4.82. The molecule has 3 aromatic rings. The molecule has 8 nitrogen and oxygen atoms in total. The third-order valence-electron chi connectivity index (χ3n) is 3.63. The highest BCUT2D eigenvalue weighted by Gasteiger charge is 2.27. The number of hydrogen-bond acceptors (Lipinski definition) is 5. The van der Waals surface area contributed by atoms with Crippen LogP contribution in [-0.4, -0.2) is 32.4 Å². The number of urea groups is 1. The van der Waals surface area contributed by atoms with Crippen molar-refractivity contribution in [2.45, 2.75) is 12.5 Å². The largest absolute Gasteiger partial charge is 0.466 e. The van der Waals surface area contributed by atoms with E-state index in [9.17, 15) is 9.90 Å². The molecule has 0 aliphatic rings. The lowest BCUT2D eigenvalue weighted by molar-refractivity contribution is 0.0372. The van der Waals surface area contributed by atoms with Gasteiger partial charge in [-0.1, -0.05) is 6.07 Å². The van der Waals surface area contributed by atoms with Crippen LogP contribution in [0.5, 0.6) is 0 Å². The monoisotopic (exact) mass is 341 g/mol. The number of carbonyl (C=O) groups is 1. The predicted octanol–water partition coefficient (Wildman–Crippen LogP) is 2.10. The van der Waals surface area contributed by atoms with Gasteiger partial charge < -0.3 is 20.2 Å². The van der Waals surface area contributed by atoms with Gasteiger partial charge in [0.1, 0.15) is 17.1 Å². The van der Waals surface area contributed by atoms with Gasteiger partial charge in [0.15, 0.2) is 0 Å². The van der Waals surface area contributed by atoms with Crippen molar-refractivity contribution in [3.63, 3.8) is 0 Å². The summed E-state index contributed by atoms with van der Waals surface area (Å²) in [4.78, 5) is 16.4. The second-order valence-electron chi connectivity index (χ2n) is 5.84. The number of nitrogens with zero attached hydrogens (tertiary/aromatic N) is 3. The molecule has 130 valence electrons. The summed E-state index contributed by atoms with van der Waals surface area (Å²) in [7, 11) is 1.76. The first kappa shape index (κ1) is 16.7. The van der Waals surface area contributed by atoms with E-state index in [2.05, 4.69) is 20.7 Å². The Morgan fingerprint density at radius 3 is 2.88 bits per heavy atom. The maximum Gasteiger partial charge on any atom is 0.319 e. The van der Waals surface area contributed by atoms with Gasteiger partial charge in [-0.25, -0.2) is 4.79 Å². The van der Waals surface area contributed by atoms with Crippen molar-refractivity contribution in [1.29, 1.82) is 0 Å².